The highest BCUT2D eigenvalue weighted by atomic mass is 79.9. The fourth-order valence-corrected chi connectivity index (χ4v) is 2.94. The molecule has 0 radical (unpaired) electrons. The highest BCUT2D eigenvalue weighted by Gasteiger charge is 2.44. The van der Waals surface area contributed by atoms with E-state index in [9.17, 15) is 19.2 Å². The van der Waals surface area contributed by atoms with E-state index in [0.29, 0.717) is 5.69 Å². The lowest BCUT2D eigenvalue weighted by atomic mass is 10.1. The molecule has 1 aromatic carbocycles. The van der Waals surface area contributed by atoms with Crippen molar-refractivity contribution in [2.75, 3.05) is 18.5 Å². The SMILES string of the molecule is Cc1ccc(NC(=O)COC(=O)CCN2C(=O)NC(C)(C)C2=O)c(Br)c1. The second-order valence-electron chi connectivity index (χ2n) is 6.45. The molecule has 0 atom stereocenters. The summed E-state index contributed by atoms with van der Waals surface area (Å²) in [6, 6.07) is 4.88. The molecule has 1 heterocycles. The lowest BCUT2D eigenvalue weighted by Gasteiger charge is -2.15. The lowest BCUT2D eigenvalue weighted by Crippen LogP contribution is -2.40. The third-order valence-corrected chi connectivity index (χ3v) is 4.40. The highest BCUT2D eigenvalue weighted by molar-refractivity contribution is 9.10. The Morgan fingerprint density at radius 3 is 2.58 bits per heavy atom. The zero-order valence-corrected chi connectivity index (χ0v) is 16.3. The van der Waals surface area contributed by atoms with Crippen LogP contribution in [-0.2, 0) is 19.1 Å². The Bertz CT molecular complexity index is 763. The number of ether oxygens (including phenoxy) is 1. The van der Waals surface area contributed by atoms with Crippen LogP contribution in [0.25, 0.3) is 0 Å². The van der Waals surface area contributed by atoms with Gasteiger partial charge >= 0.3 is 12.0 Å². The molecule has 1 aromatic rings. The number of carbonyl (C=O) groups excluding carboxylic acids is 4. The fraction of sp³-hybridized carbons (Fsp3) is 0.412. The number of imide groups is 1. The fourth-order valence-electron chi connectivity index (χ4n) is 2.35. The van der Waals surface area contributed by atoms with Gasteiger partial charge in [0.1, 0.15) is 5.54 Å². The number of aryl methyl sites for hydroxylation is 1. The van der Waals surface area contributed by atoms with Crippen LogP contribution >= 0.6 is 15.9 Å². The number of urea groups is 1. The zero-order chi connectivity index (χ0) is 19.5. The van der Waals surface area contributed by atoms with E-state index in [1.165, 1.54) is 0 Å². The summed E-state index contributed by atoms with van der Waals surface area (Å²) < 4.78 is 5.61. The van der Waals surface area contributed by atoms with Crippen LogP contribution < -0.4 is 10.6 Å². The molecule has 9 heteroatoms. The molecule has 8 nitrogen and oxygen atoms in total. The summed E-state index contributed by atoms with van der Waals surface area (Å²) in [7, 11) is 0. The van der Waals surface area contributed by atoms with Crippen molar-refractivity contribution in [3.63, 3.8) is 0 Å². The molecule has 0 bridgehead atoms. The van der Waals surface area contributed by atoms with Crippen LogP contribution in [0.5, 0.6) is 0 Å². The number of anilines is 1. The van der Waals surface area contributed by atoms with Crippen molar-refractivity contribution in [2.24, 2.45) is 0 Å². The van der Waals surface area contributed by atoms with Crippen LogP contribution in [0.3, 0.4) is 0 Å². The first-order chi connectivity index (χ1) is 12.1. The molecule has 4 amide bonds. The van der Waals surface area contributed by atoms with Gasteiger partial charge in [0, 0.05) is 11.0 Å². The first kappa shape index (κ1) is 19.9. The van der Waals surface area contributed by atoms with Gasteiger partial charge in [-0.3, -0.25) is 19.3 Å². The Morgan fingerprint density at radius 1 is 1.31 bits per heavy atom. The van der Waals surface area contributed by atoms with E-state index in [-0.39, 0.29) is 13.0 Å². The number of halogens is 1. The van der Waals surface area contributed by atoms with Crippen molar-refractivity contribution in [1.82, 2.24) is 10.2 Å². The Kier molecular flexibility index (Phi) is 6.01. The molecule has 2 rings (SSSR count). The van der Waals surface area contributed by atoms with Gasteiger partial charge < -0.3 is 15.4 Å². The van der Waals surface area contributed by atoms with Crippen LogP contribution in [0, 0.1) is 6.92 Å². The molecule has 0 aromatic heterocycles. The molecule has 0 spiro atoms. The van der Waals surface area contributed by atoms with E-state index in [4.69, 9.17) is 4.74 Å². The quantitative estimate of drug-likeness (QED) is 0.535. The van der Waals surface area contributed by atoms with Gasteiger partial charge in [0.15, 0.2) is 6.61 Å². The Morgan fingerprint density at radius 2 is 2.00 bits per heavy atom. The number of esters is 1. The van der Waals surface area contributed by atoms with Crippen molar-refractivity contribution < 1.29 is 23.9 Å². The molecule has 1 fully saturated rings. The standard InChI is InChI=1S/C17H20BrN3O5/c1-10-4-5-12(11(18)8-10)19-13(22)9-26-14(23)6-7-21-15(24)17(2,3)20-16(21)25/h4-5,8H,6-7,9H2,1-3H3,(H,19,22)(H,20,25). The third-order valence-electron chi connectivity index (χ3n) is 3.75. The summed E-state index contributed by atoms with van der Waals surface area (Å²) in [6.45, 7) is 4.53. The van der Waals surface area contributed by atoms with E-state index in [2.05, 4.69) is 26.6 Å². The van der Waals surface area contributed by atoms with Crippen LogP contribution in [0.2, 0.25) is 0 Å². The number of nitrogens with one attached hydrogen (secondary N) is 2. The van der Waals surface area contributed by atoms with Gasteiger partial charge in [-0.15, -0.1) is 0 Å². The Labute approximate surface area is 159 Å². The minimum absolute atomic E-state index is 0.0991. The summed E-state index contributed by atoms with van der Waals surface area (Å²) in [5, 5.41) is 5.14. The number of amides is 4. The minimum Gasteiger partial charge on any atom is -0.456 e. The van der Waals surface area contributed by atoms with E-state index in [0.717, 1.165) is 14.9 Å². The van der Waals surface area contributed by atoms with Crippen molar-refractivity contribution in [1.29, 1.82) is 0 Å². The number of benzene rings is 1. The molecule has 26 heavy (non-hydrogen) atoms. The lowest BCUT2D eigenvalue weighted by molar-refractivity contribution is -0.147. The van der Waals surface area contributed by atoms with E-state index in [1.807, 2.05) is 19.1 Å². The minimum atomic E-state index is -0.984. The van der Waals surface area contributed by atoms with Crippen LogP contribution in [0.4, 0.5) is 10.5 Å². The largest absolute Gasteiger partial charge is 0.456 e. The number of rotatable bonds is 6. The molecular weight excluding hydrogens is 406 g/mol. The van der Waals surface area contributed by atoms with Crippen molar-refractivity contribution in [3.05, 3.63) is 28.2 Å². The molecule has 0 saturated carbocycles. The second-order valence-corrected chi connectivity index (χ2v) is 7.31. The van der Waals surface area contributed by atoms with Crippen LogP contribution in [0.15, 0.2) is 22.7 Å². The molecular formula is C17H20BrN3O5. The molecule has 0 unspecified atom stereocenters. The van der Waals surface area contributed by atoms with Gasteiger partial charge in [-0.05, 0) is 54.4 Å². The molecule has 140 valence electrons. The van der Waals surface area contributed by atoms with E-state index >= 15 is 0 Å². The summed E-state index contributed by atoms with van der Waals surface area (Å²) in [6.07, 6.45) is -0.184. The Balaban J connectivity index is 1.77. The van der Waals surface area contributed by atoms with E-state index in [1.54, 1.807) is 19.9 Å². The van der Waals surface area contributed by atoms with Crippen molar-refractivity contribution in [2.45, 2.75) is 32.7 Å². The molecule has 0 aliphatic carbocycles. The van der Waals surface area contributed by atoms with Gasteiger partial charge in [0.25, 0.3) is 11.8 Å². The maximum Gasteiger partial charge on any atom is 0.325 e. The third kappa shape index (κ3) is 4.81. The maximum absolute atomic E-state index is 12.0. The first-order valence-corrected chi connectivity index (χ1v) is 8.75. The smallest absolute Gasteiger partial charge is 0.325 e. The summed E-state index contributed by atoms with van der Waals surface area (Å²) >= 11 is 3.34. The summed E-state index contributed by atoms with van der Waals surface area (Å²) in [4.78, 5) is 48.3. The topological polar surface area (TPSA) is 105 Å². The summed E-state index contributed by atoms with van der Waals surface area (Å²) in [5.74, 6) is -1.57. The predicted molar refractivity (Wildman–Crippen MR) is 97.4 cm³/mol. The molecule has 1 aliphatic heterocycles. The van der Waals surface area contributed by atoms with Gasteiger partial charge in [0.05, 0.1) is 12.1 Å². The van der Waals surface area contributed by atoms with Crippen molar-refractivity contribution >= 4 is 45.4 Å². The average Bonchev–Trinajstić information content (AvgIpc) is 2.74. The van der Waals surface area contributed by atoms with Crippen molar-refractivity contribution in [3.8, 4) is 0 Å². The van der Waals surface area contributed by atoms with Gasteiger partial charge in [-0.1, -0.05) is 6.07 Å². The maximum atomic E-state index is 12.0. The average molecular weight is 426 g/mol. The number of nitrogens with zero attached hydrogens (tertiary/aromatic N) is 1. The van der Waals surface area contributed by atoms with Crippen LogP contribution in [-0.4, -0.2) is 47.4 Å². The van der Waals surface area contributed by atoms with E-state index < -0.39 is 36.0 Å². The van der Waals surface area contributed by atoms with Gasteiger partial charge in [0.2, 0.25) is 0 Å². The first-order valence-electron chi connectivity index (χ1n) is 7.96. The highest BCUT2D eigenvalue weighted by Crippen LogP contribution is 2.23. The number of carbonyl (C=O) groups is 4. The monoisotopic (exact) mass is 425 g/mol. The molecule has 1 saturated heterocycles. The van der Waals surface area contributed by atoms with Gasteiger partial charge in [-0.2, -0.15) is 0 Å². The number of hydrogen-bond acceptors (Lipinski definition) is 5. The van der Waals surface area contributed by atoms with Crippen LogP contribution in [0.1, 0.15) is 25.8 Å². The molecule has 1 aliphatic rings. The Hall–Kier alpha value is -2.42. The number of hydrogen-bond donors (Lipinski definition) is 2. The summed E-state index contributed by atoms with van der Waals surface area (Å²) in [5.41, 5.74) is 0.616. The second kappa shape index (κ2) is 7.86. The predicted octanol–water partition coefficient (Wildman–Crippen LogP) is 1.96. The normalized spacial score (nSPS) is 15.6. The molecule has 2 N–H and O–H groups in total. The zero-order valence-electron chi connectivity index (χ0n) is 14.7. The van der Waals surface area contributed by atoms with Gasteiger partial charge in [-0.25, -0.2) is 4.79 Å².